The predicted octanol–water partition coefficient (Wildman–Crippen LogP) is 4.90. The first-order chi connectivity index (χ1) is 18.9. The van der Waals surface area contributed by atoms with Crippen molar-refractivity contribution in [3.8, 4) is 0 Å². The fraction of sp³-hybridized carbons (Fsp3) is 0.0625. The summed E-state index contributed by atoms with van der Waals surface area (Å²) >= 11 is 0. The van der Waals surface area contributed by atoms with E-state index in [2.05, 4.69) is 7.85 Å². The van der Waals surface area contributed by atoms with Crippen molar-refractivity contribution in [2.45, 2.75) is 6.32 Å². The Morgan fingerprint density at radius 1 is 0.513 bits per heavy atom. The summed E-state index contributed by atoms with van der Waals surface area (Å²) in [5.74, 6) is -1.35. The first kappa shape index (κ1) is 22.0. The summed E-state index contributed by atoms with van der Waals surface area (Å²) in [4.78, 5) is 56.0. The number of benzene rings is 6. The fourth-order valence-corrected chi connectivity index (χ4v) is 6.50. The van der Waals surface area contributed by atoms with Gasteiger partial charge in [-0.05, 0) is 68.7 Å². The molecule has 2 aliphatic rings. The maximum Gasteiger partial charge on any atom is 0.265 e. The minimum absolute atomic E-state index is 0.324. The third-order valence-electron chi connectivity index (χ3n) is 8.44. The molecule has 0 atom stereocenters. The van der Waals surface area contributed by atoms with Crippen molar-refractivity contribution >= 4 is 80.3 Å². The smallest absolute Gasteiger partial charge is 0.265 e. The van der Waals surface area contributed by atoms with Crippen molar-refractivity contribution in [1.29, 1.82) is 0 Å². The van der Waals surface area contributed by atoms with Crippen molar-refractivity contribution < 1.29 is 19.2 Å². The lowest BCUT2D eigenvalue weighted by atomic mass is 9.82. The van der Waals surface area contributed by atoms with Gasteiger partial charge in [-0.15, -0.1) is 0 Å². The van der Waals surface area contributed by atoms with Gasteiger partial charge >= 0.3 is 0 Å². The number of amides is 4. The van der Waals surface area contributed by atoms with E-state index in [1.807, 2.05) is 48.5 Å². The fourth-order valence-electron chi connectivity index (χ4n) is 6.50. The molecule has 8 rings (SSSR count). The van der Waals surface area contributed by atoms with E-state index in [1.165, 1.54) is 11.9 Å². The van der Waals surface area contributed by atoms with E-state index in [4.69, 9.17) is 0 Å². The van der Waals surface area contributed by atoms with Crippen LogP contribution in [0.2, 0.25) is 0 Å². The van der Waals surface area contributed by atoms with Gasteiger partial charge in [-0.3, -0.25) is 24.1 Å². The molecule has 0 unspecified atom stereocenters. The third kappa shape index (κ3) is 2.57. The molecule has 39 heavy (non-hydrogen) atoms. The highest BCUT2D eigenvalue weighted by molar-refractivity contribution is 6.43. The zero-order chi connectivity index (χ0) is 26.7. The van der Waals surface area contributed by atoms with Gasteiger partial charge in [-0.1, -0.05) is 48.3 Å². The molecule has 0 aromatic heterocycles. The molecule has 2 aliphatic heterocycles. The number of fused-ring (bicyclic) bond motifs is 2. The van der Waals surface area contributed by atoms with Crippen molar-refractivity contribution in [3.05, 3.63) is 101 Å². The number of carbonyl (C=O) groups excluding carboxylic acids is 4. The molecule has 184 valence electrons. The first-order valence-corrected chi connectivity index (χ1v) is 12.9. The summed E-state index contributed by atoms with van der Waals surface area (Å²) in [6, 6.07) is 22.3. The zero-order valence-electron chi connectivity index (χ0n) is 21.2. The number of imide groups is 2. The van der Waals surface area contributed by atoms with Gasteiger partial charge in [-0.2, -0.15) is 0 Å². The minimum atomic E-state index is -0.351. The number of hydrogen-bond donors (Lipinski definition) is 0. The van der Waals surface area contributed by atoms with E-state index in [0.29, 0.717) is 38.7 Å². The normalized spacial score (nSPS) is 15.1. The van der Waals surface area contributed by atoms with Crippen molar-refractivity contribution in [1.82, 2.24) is 4.90 Å². The summed E-state index contributed by atoms with van der Waals surface area (Å²) in [5.41, 5.74) is 3.62. The maximum absolute atomic E-state index is 13.8. The van der Waals surface area contributed by atoms with E-state index < -0.39 is 0 Å². The Hall–Kier alpha value is -5.04. The second kappa shape index (κ2) is 7.29. The molecule has 2 heterocycles. The van der Waals surface area contributed by atoms with Crippen molar-refractivity contribution in [2.24, 2.45) is 0 Å². The van der Waals surface area contributed by atoms with Crippen molar-refractivity contribution in [2.75, 3.05) is 11.9 Å². The second-order valence-corrected chi connectivity index (χ2v) is 10.3. The van der Waals surface area contributed by atoms with Crippen LogP contribution >= 0.6 is 0 Å². The summed E-state index contributed by atoms with van der Waals surface area (Å²) < 4.78 is 0. The molecule has 0 fully saturated rings. The van der Waals surface area contributed by atoms with Crippen LogP contribution in [0, 0.1) is 0 Å². The molecule has 6 aromatic rings. The summed E-state index contributed by atoms with van der Waals surface area (Å²) in [7, 11) is 3.56. The molecule has 6 aromatic carbocycles. The number of hydrogen-bond acceptors (Lipinski definition) is 4. The lowest BCUT2D eigenvalue weighted by Gasteiger charge is -2.29. The van der Waals surface area contributed by atoms with Crippen LogP contribution in [-0.4, -0.2) is 43.4 Å². The van der Waals surface area contributed by atoms with Crippen LogP contribution in [0.4, 0.5) is 5.69 Å². The lowest BCUT2D eigenvalue weighted by molar-refractivity contribution is 0.0650. The lowest BCUT2D eigenvalue weighted by Crippen LogP contribution is -2.40. The largest absolute Gasteiger partial charge is 0.277 e. The molecular weight excluding hydrogens is 487 g/mol. The molecular formula is C32H19BN2O4. The molecule has 0 saturated heterocycles. The van der Waals surface area contributed by atoms with Gasteiger partial charge in [0.2, 0.25) is 0 Å². The molecule has 0 spiro atoms. The van der Waals surface area contributed by atoms with Crippen LogP contribution in [0.25, 0.3) is 43.1 Å². The number of carbonyl (C=O) groups is 4. The summed E-state index contributed by atoms with van der Waals surface area (Å²) in [6.45, 7) is 0. The molecule has 0 radical (unpaired) electrons. The Kier molecular flexibility index (Phi) is 4.11. The predicted molar refractivity (Wildman–Crippen MR) is 154 cm³/mol. The highest BCUT2D eigenvalue weighted by Gasteiger charge is 2.36. The van der Waals surface area contributed by atoms with Crippen LogP contribution in [-0.2, 0) is 6.32 Å². The number of nitrogens with zero attached hydrogens (tertiary/aromatic N) is 2. The quantitative estimate of drug-likeness (QED) is 0.145. The molecule has 0 N–H and O–H groups in total. The van der Waals surface area contributed by atoms with E-state index in [1.54, 1.807) is 24.3 Å². The van der Waals surface area contributed by atoms with E-state index >= 15 is 0 Å². The SMILES string of the molecule is BCc1ccc(N2C(=O)c3ccc4c5ccc6c7c(ccc(c8ccc(c3c48)C2=O)c75)C(=O)N(C)C6=O)cc1. The molecule has 0 saturated carbocycles. The van der Waals surface area contributed by atoms with Crippen LogP contribution in [0.15, 0.2) is 72.8 Å². The Labute approximate surface area is 223 Å². The zero-order valence-corrected chi connectivity index (χ0v) is 21.2. The molecule has 6 nitrogen and oxygen atoms in total. The molecule has 0 bridgehead atoms. The van der Waals surface area contributed by atoms with Gasteiger partial charge in [0, 0.05) is 40.1 Å². The summed E-state index contributed by atoms with van der Waals surface area (Å²) in [6.07, 6.45) is 0.867. The Balaban J connectivity index is 1.46. The van der Waals surface area contributed by atoms with Gasteiger partial charge < -0.3 is 0 Å². The Bertz CT molecular complexity index is 2030. The third-order valence-corrected chi connectivity index (χ3v) is 8.44. The average molecular weight is 506 g/mol. The Morgan fingerprint density at radius 2 is 0.897 bits per heavy atom. The van der Waals surface area contributed by atoms with Crippen LogP contribution < -0.4 is 4.90 Å². The van der Waals surface area contributed by atoms with E-state index in [9.17, 15) is 19.2 Å². The molecule has 7 heteroatoms. The maximum atomic E-state index is 13.8. The standard InChI is InChI=1S/C32H19BN2O4/c1-34-29(36)21-10-6-17-19-8-12-23-28-24(32(39)35(31(23)38)16-4-2-15(14-33)3-5-16)13-9-20(26(19)28)18-7-11-22(30(34)37)27(21)25(17)18/h2-13H,14,33H2,1H3. The second-order valence-electron chi connectivity index (χ2n) is 10.3. The summed E-state index contributed by atoms with van der Waals surface area (Å²) in [5, 5.41) is 6.51. The average Bonchev–Trinajstić information content (AvgIpc) is 2.97. The first-order valence-electron chi connectivity index (χ1n) is 12.9. The highest BCUT2D eigenvalue weighted by atomic mass is 16.2. The minimum Gasteiger partial charge on any atom is -0.277 e. The topological polar surface area (TPSA) is 74.8 Å². The van der Waals surface area contributed by atoms with Gasteiger partial charge in [0.1, 0.15) is 7.85 Å². The highest BCUT2D eigenvalue weighted by Crippen LogP contribution is 2.46. The van der Waals surface area contributed by atoms with Crippen LogP contribution in [0.1, 0.15) is 47.0 Å². The van der Waals surface area contributed by atoms with E-state index in [-0.39, 0.29) is 23.6 Å². The van der Waals surface area contributed by atoms with Crippen molar-refractivity contribution in [3.63, 3.8) is 0 Å². The number of anilines is 1. The molecule has 0 aliphatic carbocycles. The van der Waals surface area contributed by atoms with Gasteiger partial charge in [0.25, 0.3) is 23.6 Å². The number of rotatable bonds is 2. The van der Waals surface area contributed by atoms with Gasteiger partial charge in [0.05, 0.1) is 5.69 Å². The van der Waals surface area contributed by atoms with Gasteiger partial charge in [0.15, 0.2) is 0 Å². The Morgan fingerprint density at radius 3 is 1.28 bits per heavy atom. The molecule has 4 amide bonds. The van der Waals surface area contributed by atoms with Crippen LogP contribution in [0.5, 0.6) is 0 Å². The van der Waals surface area contributed by atoms with E-state index in [0.717, 1.165) is 49.1 Å². The monoisotopic (exact) mass is 506 g/mol. The van der Waals surface area contributed by atoms with Crippen LogP contribution in [0.3, 0.4) is 0 Å². The van der Waals surface area contributed by atoms with Gasteiger partial charge in [-0.25, -0.2) is 4.90 Å².